The van der Waals surface area contributed by atoms with Crippen LogP contribution in [-0.4, -0.2) is 37.0 Å². The highest BCUT2D eigenvalue weighted by Crippen LogP contribution is 2.40. The van der Waals surface area contributed by atoms with Gasteiger partial charge in [0.15, 0.2) is 12.6 Å². The molecule has 0 radical (unpaired) electrons. The third-order valence-electron chi connectivity index (χ3n) is 8.85. The molecule has 2 saturated heterocycles. The average Bonchev–Trinajstić information content (AvgIpc) is 2.91. The van der Waals surface area contributed by atoms with Crippen molar-refractivity contribution < 1.29 is 18.9 Å². The van der Waals surface area contributed by atoms with E-state index >= 15 is 0 Å². The molecule has 4 nitrogen and oxygen atoms in total. The van der Waals surface area contributed by atoms with Crippen LogP contribution in [0.2, 0.25) is 0 Å². The van der Waals surface area contributed by atoms with E-state index in [-0.39, 0.29) is 12.6 Å². The van der Waals surface area contributed by atoms with Crippen molar-refractivity contribution in [2.75, 3.05) is 13.2 Å². The van der Waals surface area contributed by atoms with Crippen molar-refractivity contribution in [2.45, 2.75) is 153 Å². The summed E-state index contributed by atoms with van der Waals surface area (Å²) >= 11 is 0. The molecule has 202 valence electrons. The van der Waals surface area contributed by atoms with Crippen LogP contribution in [-0.2, 0) is 18.9 Å². The molecule has 0 spiro atoms. The normalized spacial score (nSPS) is 37.3. The number of rotatable bonds is 8. The molecule has 2 aliphatic carbocycles. The van der Waals surface area contributed by atoms with Crippen LogP contribution in [0.5, 0.6) is 0 Å². The first-order valence-corrected chi connectivity index (χ1v) is 15.3. The Morgan fingerprint density at radius 3 is 1.36 bits per heavy atom. The molecule has 0 aromatic carbocycles. The quantitative estimate of drug-likeness (QED) is 0.324. The van der Waals surface area contributed by atoms with Crippen molar-refractivity contribution in [3.05, 3.63) is 0 Å². The summed E-state index contributed by atoms with van der Waals surface area (Å²) in [7, 11) is 0. The minimum absolute atomic E-state index is 0.115. The fourth-order valence-corrected chi connectivity index (χ4v) is 6.63. The minimum atomic E-state index is -0.416. The van der Waals surface area contributed by atoms with Crippen LogP contribution < -0.4 is 0 Å². The Kier molecular flexibility index (Phi) is 11.0. The van der Waals surface area contributed by atoms with E-state index in [9.17, 15) is 0 Å². The first kappa shape index (κ1) is 28.0. The van der Waals surface area contributed by atoms with Gasteiger partial charge in [-0.2, -0.15) is 0 Å². The lowest BCUT2D eigenvalue weighted by molar-refractivity contribution is -0.217. The second kappa shape index (κ2) is 14.2. The molecule has 4 fully saturated rings. The lowest BCUT2D eigenvalue weighted by Gasteiger charge is -2.39. The van der Waals surface area contributed by atoms with Gasteiger partial charge in [0.2, 0.25) is 0 Å². The lowest BCUT2D eigenvalue weighted by atomic mass is 9.77. The molecule has 2 atom stereocenters. The molecule has 0 aromatic heterocycles. The number of ether oxygens (including phenoxy) is 4. The molecule has 2 heterocycles. The van der Waals surface area contributed by atoms with Crippen LogP contribution in [0.3, 0.4) is 0 Å². The van der Waals surface area contributed by atoms with Crippen molar-refractivity contribution in [1.29, 1.82) is 0 Å². The van der Waals surface area contributed by atoms with E-state index in [1.807, 2.05) is 0 Å². The van der Waals surface area contributed by atoms with E-state index in [1.54, 1.807) is 0 Å². The first-order valence-electron chi connectivity index (χ1n) is 15.3. The summed E-state index contributed by atoms with van der Waals surface area (Å²) in [6.45, 7) is 6.17. The van der Waals surface area contributed by atoms with Crippen molar-refractivity contribution >= 4 is 0 Å². The molecular formula is C32H50O4. The van der Waals surface area contributed by atoms with E-state index in [4.69, 9.17) is 18.9 Å². The van der Waals surface area contributed by atoms with Crippen molar-refractivity contribution in [3.63, 3.8) is 0 Å². The summed E-state index contributed by atoms with van der Waals surface area (Å²) in [6.07, 6.45) is 20.2. The maximum absolute atomic E-state index is 6.61. The fourth-order valence-electron chi connectivity index (χ4n) is 6.63. The van der Waals surface area contributed by atoms with Gasteiger partial charge in [-0.25, -0.2) is 0 Å². The fraction of sp³-hybridized carbons (Fsp3) is 0.875. The largest absolute Gasteiger partial charge is 0.353 e. The van der Waals surface area contributed by atoms with Crippen LogP contribution in [0.25, 0.3) is 0 Å². The summed E-state index contributed by atoms with van der Waals surface area (Å²) in [5, 5.41) is 0. The van der Waals surface area contributed by atoms with Crippen molar-refractivity contribution in [1.82, 2.24) is 0 Å². The van der Waals surface area contributed by atoms with E-state index in [0.717, 1.165) is 76.4 Å². The molecule has 0 amide bonds. The van der Waals surface area contributed by atoms with Gasteiger partial charge in [-0.1, -0.05) is 51.4 Å². The predicted octanol–water partition coefficient (Wildman–Crippen LogP) is 7.54. The second-order valence-electron chi connectivity index (χ2n) is 11.8. The smallest absolute Gasteiger partial charge is 0.159 e. The van der Waals surface area contributed by atoms with E-state index < -0.39 is 11.2 Å². The van der Waals surface area contributed by atoms with Crippen LogP contribution in [0, 0.1) is 35.5 Å². The molecule has 0 N–H and O–H groups in total. The SMILES string of the molecule is CCCC1CCC(C#CC#CC2(OC3CCCCO3)CCC(CCC)CC2)(OC2CCCCO2)CC1. The highest BCUT2D eigenvalue weighted by atomic mass is 16.7. The summed E-state index contributed by atoms with van der Waals surface area (Å²) in [6, 6.07) is 0. The Morgan fingerprint density at radius 2 is 1.03 bits per heavy atom. The van der Waals surface area contributed by atoms with E-state index in [2.05, 4.69) is 37.5 Å². The zero-order valence-electron chi connectivity index (χ0n) is 23.1. The van der Waals surface area contributed by atoms with Gasteiger partial charge in [-0.05, 0) is 114 Å². The molecule has 0 aromatic rings. The Morgan fingerprint density at radius 1 is 0.611 bits per heavy atom. The van der Waals surface area contributed by atoms with Gasteiger partial charge < -0.3 is 18.9 Å². The van der Waals surface area contributed by atoms with Gasteiger partial charge in [-0.3, -0.25) is 0 Å². The van der Waals surface area contributed by atoms with Crippen molar-refractivity contribution in [3.8, 4) is 23.7 Å². The number of hydrogen-bond donors (Lipinski definition) is 0. The maximum Gasteiger partial charge on any atom is 0.159 e. The highest BCUT2D eigenvalue weighted by molar-refractivity contribution is 5.34. The third kappa shape index (κ3) is 8.23. The Balaban J connectivity index is 1.47. The lowest BCUT2D eigenvalue weighted by Crippen LogP contribution is -2.41. The van der Waals surface area contributed by atoms with Gasteiger partial charge in [-0.15, -0.1) is 0 Å². The van der Waals surface area contributed by atoms with Gasteiger partial charge in [0, 0.05) is 13.2 Å². The summed E-state index contributed by atoms with van der Waals surface area (Å²) in [5.41, 5.74) is -0.833. The number of hydrogen-bond acceptors (Lipinski definition) is 4. The predicted molar refractivity (Wildman–Crippen MR) is 144 cm³/mol. The molecule has 4 rings (SSSR count). The molecule has 2 saturated carbocycles. The molecule has 4 aliphatic rings. The topological polar surface area (TPSA) is 36.9 Å². The summed E-state index contributed by atoms with van der Waals surface area (Å²) in [5.74, 6) is 15.2. The first-order chi connectivity index (χ1) is 17.6. The zero-order chi connectivity index (χ0) is 25.1. The molecule has 2 aliphatic heterocycles. The summed E-state index contributed by atoms with van der Waals surface area (Å²) in [4.78, 5) is 0. The van der Waals surface area contributed by atoms with E-state index in [0.29, 0.717) is 0 Å². The highest BCUT2D eigenvalue weighted by Gasteiger charge is 2.39. The van der Waals surface area contributed by atoms with Gasteiger partial charge in [0.25, 0.3) is 0 Å². The van der Waals surface area contributed by atoms with Crippen LogP contribution >= 0.6 is 0 Å². The van der Waals surface area contributed by atoms with Gasteiger partial charge >= 0.3 is 0 Å². The second-order valence-corrected chi connectivity index (χ2v) is 11.8. The molecular weight excluding hydrogens is 448 g/mol. The molecule has 4 heteroatoms. The monoisotopic (exact) mass is 498 g/mol. The van der Waals surface area contributed by atoms with Gasteiger partial charge in [0.1, 0.15) is 11.2 Å². The molecule has 36 heavy (non-hydrogen) atoms. The third-order valence-corrected chi connectivity index (χ3v) is 8.85. The van der Waals surface area contributed by atoms with Crippen LogP contribution in [0.15, 0.2) is 0 Å². The van der Waals surface area contributed by atoms with Gasteiger partial charge in [0.05, 0.1) is 0 Å². The zero-order valence-corrected chi connectivity index (χ0v) is 23.1. The maximum atomic E-state index is 6.61. The Hall–Kier alpha value is -1.04. The van der Waals surface area contributed by atoms with Crippen molar-refractivity contribution in [2.24, 2.45) is 11.8 Å². The molecule has 2 unspecified atom stereocenters. The standard InChI is InChI=1S/C32H50O4/c1-3-11-27-15-21-31(22-16-27,35-29-13-5-9-25-33-29)19-7-8-20-32(36-30-14-6-10-26-34-30)23-17-28(12-4-2)18-24-32/h27-30H,3-6,9-18,21-26H2,1-2H3. The average molecular weight is 499 g/mol. The Labute approximate surface area is 220 Å². The Bertz CT molecular complexity index is 689. The minimum Gasteiger partial charge on any atom is -0.353 e. The summed E-state index contributed by atoms with van der Waals surface area (Å²) < 4.78 is 25.1. The van der Waals surface area contributed by atoms with Crippen LogP contribution in [0.4, 0.5) is 0 Å². The van der Waals surface area contributed by atoms with E-state index in [1.165, 1.54) is 64.2 Å². The van der Waals surface area contributed by atoms with Crippen LogP contribution in [0.1, 0.15) is 129 Å². The molecule has 0 bridgehead atoms.